The van der Waals surface area contributed by atoms with E-state index in [-0.39, 0.29) is 5.75 Å². The van der Waals surface area contributed by atoms with Gasteiger partial charge in [-0.25, -0.2) is 9.87 Å². The SMILES string of the molecule is O=C(COc1cccc(F)c1)NOCC(F)(F)F. The van der Waals surface area contributed by atoms with E-state index in [4.69, 9.17) is 4.74 Å². The molecule has 1 rings (SSSR count). The van der Waals surface area contributed by atoms with Gasteiger partial charge in [-0.05, 0) is 12.1 Å². The van der Waals surface area contributed by atoms with Crippen molar-refractivity contribution in [3.05, 3.63) is 30.1 Å². The fourth-order valence-corrected chi connectivity index (χ4v) is 0.934. The second-order valence-electron chi connectivity index (χ2n) is 3.18. The smallest absolute Gasteiger partial charge is 0.414 e. The van der Waals surface area contributed by atoms with E-state index in [1.807, 2.05) is 0 Å². The van der Waals surface area contributed by atoms with Gasteiger partial charge >= 0.3 is 6.18 Å². The van der Waals surface area contributed by atoms with Crippen LogP contribution in [0.15, 0.2) is 24.3 Å². The summed E-state index contributed by atoms with van der Waals surface area (Å²) in [6.45, 7) is -2.18. The maximum Gasteiger partial charge on any atom is 0.414 e. The van der Waals surface area contributed by atoms with Gasteiger partial charge in [0.25, 0.3) is 5.91 Å². The summed E-state index contributed by atoms with van der Waals surface area (Å²) in [5, 5.41) is 0. The third kappa shape index (κ3) is 6.04. The molecule has 1 N–H and O–H groups in total. The van der Waals surface area contributed by atoms with E-state index in [1.54, 1.807) is 5.48 Å². The van der Waals surface area contributed by atoms with E-state index in [0.29, 0.717) is 0 Å². The Bertz CT molecular complexity index is 408. The van der Waals surface area contributed by atoms with Crippen LogP contribution in [-0.4, -0.2) is 25.3 Å². The first-order valence-corrected chi connectivity index (χ1v) is 4.72. The minimum Gasteiger partial charge on any atom is -0.484 e. The molecule has 0 heterocycles. The largest absolute Gasteiger partial charge is 0.484 e. The van der Waals surface area contributed by atoms with Crippen LogP contribution in [0.2, 0.25) is 0 Å². The number of hydrogen-bond acceptors (Lipinski definition) is 3. The molecule has 0 radical (unpaired) electrons. The molecule has 0 spiro atoms. The van der Waals surface area contributed by atoms with E-state index >= 15 is 0 Å². The van der Waals surface area contributed by atoms with Crippen LogP contribution in [0.25, 0.3) is 0 Å². The molecule has 8 heteroatoms. The highest BCUT2D eigenvalue weighted by atomic mass is 19.4. The van der Waals surface area contributed by atoms with E-state index in [0.717, 1.165) is 6.07 Å². The maximum absolute atomic E-state index is 12.7. The second kappa shape index (κ2) is 6.20. The first-order chi connectivity index (χ1) is 8.37. The average Bonchev–Trinajstić information content (AvgIpc) is 2.25. The van der Waals surface area contributed by atoms with Gasteiger partial charge in [0.2, 0.25) is 0 Å². The zero-order valence-electron chi connectivity index (χ0n) is 8.96. The van der Waals surface area contributed by atoms with E-state index in [9.17, 15) is 22.4 Å². The van der Waals surface area contributed by atoms with Gasteiger partial charge in [-0.1, -0.05) is 6.07 Å². The molecule has 0 atom stereocenters. The van der Waals surface area contributed by atoms with E-state index in [1.165, 1.54) is 18.2 Å². The zero-order valence-corrected chi connectivity index (χ0v) is 8.96. The molecule has 0 aliphatic carbocycles. The highest BCUT2D eigenvalue weighted by Crippen LogP contribution is 2.13. The molecule has 4 nitrogen and oxygen atoms in total. The summed E-state index contributed by atoms with van der Waals surface area (Å²) < 4.78 is 52.5. The molecule has 0 aliphatic heterocycles. The number of amides is 1. The van der Waals surface area contributed by atoms with Gasteiger partial charge in [-0.2, -0.15) is 13.2 Å². The van der Waals surface area contributed by atoms with Gasteiger partial charge in [0.15, 0.2) is 13.2 Å². The number of ether oxygens (including phenoxy) is 1. The van der Waals surface area contributed by atoms with Crippen molar-refractivity contribution in [2.24, 2.45) is 0 Å². The molecule has 0 bridgehead atoms. The molecule has 18 heavy (non-hydrogen) atoms. The molecule has 0 saturated heterocycles. The highest BCUT2D eigenvalue weighted by molar-refractivity contribution is 5.76. The van der Waals surface area contributed by atoms with Crippen molar-refractivity contribution in [2.45, 2.75) is 6.18 Å². The van der Waals surface area contributed by atoms with Crippen molar-refractivity contribution in [3.8, 4) is 5.75 Å². The lowest BCUT2D eigenvalue weighted by Gasteiger charge is -2.09. The number of nitrogens with one attached hydrogen (secondary N) is 1. The number of carbonyl (C=O) groups excluding carboxylic acids is 1. The summed E-state index contributed by atoms with van der Waals surface area (Å²) in [5.74, 6) is -1.38. The Hall–Kier alpha value is -1.83. The number of carbonyl (C=O) groups is 1. The monoisotopic (exact) mass is 267 g/mol. The van der Waals surface area contributed by atoms with Crippen LogP contribution in [0.3, 0.4) is 0 Å². The Morgan fingerprint density at radius 2 is 2.06 bits per heavy atom. The van der Waals surface area contributed by atoms with Gasteiger partial charge in [0, 0.05) is 6.07 Å². The number of alkyl halides is 3. The van der Waals surface area contributed by atoms with Crippen molar-refractivity contribution < 1.29 is 31.9 Å². The van der Waals surface area contributed by atoms with E-state index < -0.39 is 31.1 Å². The molecule has 1 aromatic carbocycles. The highest BCUT2D eigenvalue weighted by Gasteiger charge is 2.28. The fraction of sp³-hybridized carbons (Fsp3) is 0.300. The van der Waals surface area contributed by atoms with Crippen LogP contribution in [-0.2, 0) is 9.63 Å². The van der Waals surface area contributed by atoms with Crippen LogP contribution in [0.4, 0.5) is 17.6 Å². The number of hydroxylamine groups is 1. The van der Waals surface area contributed by atoms with Crippen molar-refractivity contribution in [2.75, 3.05) is 13.2 Å². The first kappa shape index (κ1) is 14.2. The lowest BCUT2D eigenvalue weighted by molar-refractivity contribution is -0.192. The summed E-state index contributed by atoms with van der Waals surface area (Å²) in [4.78, 5) is 14.9. The Kier molecular flexibility index (Phi) is 4.90. The minimum absolute atomic E-state index is 0.0842. The number of benzene rings is 1. The zero-order chi connectivity index (χ0) is 13.6. The van der Waals surface area contributed by atoms with Gasteiger partial charge in [-0.15, -0.1) is 0 Å². The van der Waals surface area contributed by atoms with Crippen molar-refractivity contribution in [1.82, 2.24) is 5.48 Å². The standard InChI is InChI=1S/C10H9F4NO3/c11-7-2-1-3-8(4-7)17-5-9(16)15-18-6-10(12,13)14/h1-4H,5-6H2,(H,15,16). The normalized spacial score (nSPS) is 11.1. The summed E-state index contributed by atoms with van der Waals surface area (Å²) >= 11 is 0. The van der Waals surface area contributed by atoms with Crippen molar-refractivity contribution in [1.29, 1.82) is 0 Å². The molecule has 0 aromatic heterocycles. The Labute approximate surface area is 99.4 Å². The summed E-state index contributed by atoms with van der Waals surface area (Å²) in [6, 6.07) is 4.97. The number of halogens is 4. The minimum atomic E-state index is -4.53. The molecule has 0 aliphatic rings. The first-order valence-electron chi connectivity index (χ1n) is 4.72. The second-order valence-corrected chi connectivity index (χ2v) is 3.18. The average molecular weight is 267 g/mol. The molecular formula is C10H9F4NO3. The van der Waals surface area contributed by atoms with Gasteiger partial charge < -0.3 is 4.74 Å². The molecular weight excluding hydrogens is 258 g/mol. The summed E-state index contributed by atoms with van der Waals surface area (Å²) in [6.07, 6.45) is -4.53. The lowest BCUT2D eigenvalue weighted by Crippen LogP contribution is -2.32. The Morgan fingerprint density at radius 3 is 2.67 bits per heavy atom. The van der Waals surface area contributed by atoms with Crippen LogP contribution < -0.4 is 10.2 Å². The predicted octanol–water partition coefficient (Wildman–Crippen LogP) is 1.81. The molecule has 0 unspecified atom stereocenters. The van der Waals surface area contributed by atoms with Crippen molar-refractivity contribution >= 4 is 5.91 Å². The van der Waals surface area contributed by atoms with E-state index in [2.05, 4.69) is 4.84 Å². The number of hydrogen-bond donors (Lipinski definition) is 1. The molecule has 0 saturated carbocycles. The van der Waals surface area contributed by atoms with Gasteiger partial charge in [0.05, 0.1) is 0 Å². The van der Waals surface area contributed by atoms with Crippen LogP contribution >= 0.6 is 0 Å². The Balaban J connectivity index is 2.25. The van der Waals surface area contributed by atoms with Crippen LogP contribution in [0, 0.1) is 5.82 Å². The summed E-state index contributed by atoms with van der Waals surface area (Å²) in [5.41, 5.74) is 1.55. The molecule has 100 valence electrons. The predicted molar refractivity (Wildman–Crippen MR) is 52.0 cm³/mol. The maximum atomic E-state index is 12.7. The van der Waals surface area contributed by atoms with Crippen LogP contribution in [0.1, 0.15) is 0 Å². The lowest BCUT2D eigenvalue weighted by atomic mass is 10.3. The van der Waals surface area contributed by atoms with Crippen molar-refractivity contribution in [3.63, 3.8) is 0 Å². The van der Waals surface area contributed by atoms with Gasteiger partial charge in [-0.3, -0.25) is 9.63 Å². The quantitative estimate of drug-likeness (QED) is 0.654. The van der Waals surface area contributed by atoms with Gasteiger partial charge in [0.1, 0.15) is 11.6 Å². The fourth-order valence-electron chi connectivity index (χ4n) is 0.934. The summed E-state index contributed by atoms with van der Waals surface area (Å²) in [7, 11) is 0. The molecule has 0 fully saturated rings. The third-order valence-electron chi connectivity index (χ3n) is 1.59. The Morgan fingerprint density at radius 1 is 1.33 bits per heavy atom. The number of rotatable bonds is 5. The van der Waals surface area contributed by atoms with Crippen LogP contribution in [0.5, 0.6) is 5.75 Å². The molecule has 1 amide bonds. The molecule has 1 aromatic rings. The topological polar surface area (TPSA) is 47.6 Å². The third-order valence-corrected chi connectivity index (χ3v) is 1.59.